The van der Waals surface area contributed by atoms with Crippen LogP contribution in [0.2, 0.25) is 5.02 Å². The molecule has 1 heterocycles. The lowest BCUT2D eigenvalue weighted by Crippen LogP contribution is -2.30. The first-order chi connectivity index (χ1) is 15.0. The van der Waals surface area contributed by atoms with Gasteiger partial charge >= 0.3 is 0 Å². The summed E-state index contributed by atoms with van der Waals surface area (Å²) in [6.45, 7) is 2.19. The number of hydrogen-bond donors (Lipinski definition) is 1. The Kier molecular flexibility index (Phi) is 6.47. The molecule has 158 valence electrons. The molecule has 1 aromatic heterocycles. The van der Waals surface area contributed by atoms with Gasteiger partial charge in [-0.2, -0.15) is 0 Å². The second-order valence-corrected chi connectivity index (χ2v) is 7.99. The standard InChI is InChI=1S/C25H23ClN2O3/c1-17-7-9-19(10-8-17)24(18-5-3-2-4-6-18)31-15-21(29)14-28-16-27-23-13-20(26)11-12-22(23)25(28)30/h2-13,16,21,24,29H,14-15H2,1H3. The van der Waals surface area contributed by atoms with Crippen LogP contribution in [0.15, 0.2) is 83.9 Å². The maximum absolute atomic E-state index is 12.7. The Hall–Kier alpha value is -2.99. The van der Waals surface area contributed by atoms with Gasteiger partial charge in [-0.15, -0.1) is 0 Å². The van der Waals surface area contributed by atoms with Crippen LogP contribution in [0.4, 0.5) is 0 Å². The van der Waals surface area contributed by atoms with Crippen molar-refractivity contribution in [2.24, 2.45) is 0 Å². The smallest absolute Gasteiger partial charge is 0.261 e. The average Bonchev–Trinajstić information content (AvgIpc) is 2.78. The topological polar surface area (TPSA) is 64.3 Å². The van der Waals surface area contributed by atoms with Crippen molar-refractivity contribution < 1.29 is 9.84 Å². The summed E-state index contributed by atoms with van der Waals surface area (Å²) in [7, 11) is 0. The normalized spacial score (nSPS) is 13.3. The highest BCUT2D eigenvalue weighted by atomic mass is 35.5. The molecule has 3 aromatic carbocycles. The second-order valence-electron chi connectivity index (χ2n) is 7.55. The van der Waals surface area contributed by atoms with E-state index in [1.165, 1.54) is 16.5 Å². The highest BCUT2D eigenvalue weighted by molar-refractivity contribution is 6.31. The van der Waals surface area contributed by atoms with Crippen molar-refractivity contribution in [3.8, 4) is 0 Å². The predicted octanol–water partition coefficient (Wildman–Crippen LogP) is 4.53. The van der Waals surface area contributed by atoms with Crippen LogP contribution in [0.5, 0.6) is 0 Å². The van der Waals surface area contributed by atoms with Gasteiger partial charge in [0.1, 0.15) is 6.10 Å². The number of nitrogens with zero attached hydrogens (tertiary/aromatic N) is 2. The molecule has 4 aromatic rings. The van der Waals surface area contributed by atoms with E-state index in [1.54, 1.807) is 18.2 Å². The molecule has 0 saturated heterocycles. The Morgan fingerprint density at radius 2 is 1.74 bits per heavy atom. The fourth-order valence-electron chi connectivity index (χ4n) is 3.50. The number of ether oxygens (including phenoxy) is 1. The molecule has 1 N–H and O–H groups in total. The first-order valence-electron chi connectivity index (χ1n) is 10.1. The number of fused-ring (bicyclic) bond motifs is 1. The van der Waals surface area contributed by atoms with Crippen molar-refractivity contribution in [2.75, 3.05) is 6.61 Å². The van der Waals surface area contributed by atoms with Gasteiger partial charge in [-0.1, -0.05) is 71.8 Å². The minimum atomic E-state index is -0.874. The van der Waals surface area contributed by atoms with Gasteiger partial charge in [-0.3, -0.25) is 9.36 Å². The molecule has 0 amide bonds. The minimum absolute atomic E-state index is 0.0680. The summed E-state index contributed by atoms with van der Waals surface area (Å²) in [6.07, 6.45) is 0.240. The molecule has 2 atom stereocenters. The summed E-state index contributed by atoms with van der Waals surface area (Å²) in [5.74, 6) is 0. The van der Waals surface area contributed by atoms with Crippen LogP contribution in [-0.2, 0) is 11.3 Å². The van der Waals surface area contributed by atoms with E-state index >= 15 is 0 Å². The van der Waals surface area contributed by atoms with Gasteiger partial charge in [0.25, 0.3) is 5.56 Å². The molecule has 0 aliphatic heterocycles. The van der Waals surface area contributed by atoms with Crippen molar-refractivity contribution in [1.29, 1.82) is 0 Å². The number of aromatic nitrogens is 2. The van der Waals surface area contributed by atoms with Gasteiger partial charge in [-0.25, -0.2) is 4.98 Å². The number of aliphatic hydroxyl groups is 1. The van der Waals surface area contributed by atoms with Crippen LogP contribution < -0.4 is 5.56 Å². The van der Waals surface area contributed by atoms with E-state index < -0.39 is 6.10 Å². The number of rotatable bonds is 7. The molecule has 0 bridgehead atoms. The molecule has 0 fully saturated rings. The summed E-state index contributed by atoms with van der Waals surface area (Å²) in [4.78, 5) is 17.0. The van der Waals surface area contributed by atoms with Crippen molar-refractivity contribution in [2.45, 2.75) is 25.7 Å². The molecule has 0 saturated carbocycles. The number of benzene rings is 3. The lowest BCUT2D eigenvalue weighted by molar-refractivity contribution is -0.000988. The molecule has 6 heteroatoms. The third kappa shape index (κ3) is 5.02. The van der Waals surface area contributed by atoms with E-state index in [9.17, 15) is 9.90 Å². The van der Waals surface area contributed by atoms with Crippen LogP contribution in [0.1, 0.15) is 22.8 Å². The molecular formula is C25H23ClN2O3. The summed E-state index contributed by atoms with van der Waals surface area (Å²) in [6, 6.07) is 23.0. The van der Waals surface area contributed by atoms with Gasteiger partial charge in [0.05, 0.1) is 36.5 Å². The molecule has 0 aliphatic rings. The Labute approximate surface area is 185 Å². The van der Waals surface area contributed by atoms with Crippen molar-refractivity contribution in [1.82, 2.24) is 9.55 Å². The lowest BCUT2D eigenvalue weighted by atomic mass is 10.0. The fraction of sp³-hybridized carbons (Fsp3) is 0.200. The molecule has 2 unspecified atom stereocenters. The molecule has 31 heavy (non-hydrogen) atoms. The molecule has 0 radical (unpaired) electrons. The van der Waals surface area contributed by atoms with E-state index in [1.807, 2.05) is 61.5 Å². The van der Waals surface area contributed by atoms with Gasteiger partial charge in [-0.05, 0) is 36.2 Å². The van der Waals surface area contributed by atoms with E-state index in [0.717, 1.165) is 11.1 Å². The SMILES string of the molecule is Cc1ccc(C(OCC(O)Cn2cnc3cc(Cl)ccc3c2=O)c2ccccc2)cc1. The van der Waals surface area contributed by atoms with Gasteiger partial charge < -0.3 is 9.84 Å². The van der Waals surface area contributed by atoms with E-state index in [2.05, 4.69) is 4.98 Å². The van der Waals surface area contributed by atoms with Gasteiger partial charge in [0.2, 0.25) is 0 Å². The van der Waals surface area contributed by atoms with Crippen molar-refractivity contribution in [3.63, 3.8) is 0 Å². The zero-order chi connectivity index (χ0) is 21.8. The Balaban J connectivity index is 1.50. The van der Waals surface area contributed by atoms with E-state index in [0.29, 0.717) is 15.9 Å². The summed E-state index contributed by atoms with van der Waals surface area (Å²) in [5.41, 5.74) is 3.48. The maximum Gasteiger partial charge on any atom is 0.261 e. The Morgan fingerprint density at radius 3 is 2.48 bits per heavy atom. The molecule has 0 aliphatic carbocycles. The van der Waals surface area contributed by atoms with E-state index in [-0.39, 0.29) is 24.8 Å². The van der Waals surface area contributed by atoms with Crippen LogP contribution in [-0.4, -0.2) is 27.4 Å². The lowest BCUT2D eigenvalue weighted by Gasteiger charge is -2.21. The number of aryl methyl sites for hydroxylation is 1. The zero-order valence-electron chi connectivity index (χ0n) is 17.1. The highest BCUT2D eigenvalue weighted by Crippen LogP contribution is 2.26. The highest BCUT2D eigenvalue weighted by Gasteiger charge is 2.17. The first kappa shape index (κ1) is 21.2. The maximum atomic E-state index is 12.7. The van der Waals surface area contributed by atoms with Crippen molar-refractivity contribution >= 4 is 22.5 Å². The van der Waals surface area contributed by atoms with Crippen LogP contribution in [0.25, 0.3) is 10.9 Å². The van der Waals surface area contributed by atoms with E-state index in [4.69, 9.17) is 16.3 Å². The van der Waals surface area contributed by atoms with Crippen LogP contribution in [0.3, 0.4) is 0 Å². The molecular weight excluding hydrogens is 412 g/mol. The Bertz CT molecular complexity index is 1220. The number of halogens is 1. The quantitative estimate of drug-likeness (QED) is 0.464. The molecule has 5 nitrogen and oxygen atoms in total. The zero-order valence-corrected chi connectivity index (χ0v) is 17.9. The number of hydrogen-bond acceptors (Lipinski definition) is 4. The monoisotopic (exact) mass is 434 g/mol. The first-order valence-corrected chi connectivity index (χ1v) is 10.4. The summed E-state index contributed by atoms with van der Waals surface area (Å²) in [5, 5.41) is 11.6. The average molecular weight is 435 g/mol. The van der Waals surface area contributed by atoms with Gasteiger partial charge in [0, 0.05) is 5.02 Å². The van der Waals surface area contributed by atoms with Gasteiger partial charge in [0.15, 0.2) is 0 Å². The largest absolute Gasteiger partial charge is 0.389 e. The second kappa shape index (κ2) is 9.43. The predicted molar refractivity (Wildman–Crippen MR) is 122 cm³/mol. The molecule has 0 spiro atoms. The summed E-state index contributed by atoms with van der Waals surface area (Å²) >= 11 is 5.97. The van der Waals surface area contributed by atoms with Crippen LogP contribution in [0, 0.1) is 6.92 Å². The van der Waals surface area contributed by atoms with Crippen LogP contribution >= 0.6 is 11.6 Å². The minimum Gasteiger partial charge on any atom is -0.389 e. The number of aliphatic hydroxyl groups excluding tert-OH is 1. The Morgan fingerprint density at radius 1 is 1.03 bits per heavy atom. The third-order valence-corrected chi connectivity index (χ3v) is 5.37. The fourth-order valence-corrected chi connectivity index (χ4v) is 3.67. The molecule has 4 rings (SSSR count). The van der Waals surface area contributed by atoms with Crippen molar-refractivity contribution in [3.05, 3.63) is 111 Å². The third-order valence-electron chi connectivity index (χ3n) is 5.13. The summed E-state index contributed by atoms with van der Waals surface area (Å²) < 4.78 is 7.52.